The number of carbonyl (C=O) groups excluding carboxylic acids is 3. The molecule has 1 aromatic heterocycles. The first kappa shape index (κ1) is 18.9. The molecule has 142 valence electrons. The van der Waals surface area contributed by atoms with Gasteiger partial charge in [0, 0.05) is 13.2 Å². The minimum absolute atomic E-state index is 0.231. The van der Waals surface area contributed by atoms with Crippen LogP contribution in [0.15, 0.2) is 72.9 Å². The molecule has 0 fully saturated rings. The molecule has 0 saturated carbocycles. The van der Waals surface area contributed by atoms with Crippen LogP contribution in [0.25, 0.3) is 0 Å². The third kappa shape index (κ3) is 4.85. The summed E-state index contributed by atoms with van der Waals surface area (Å²) in [5.41, 5.74) is 0.556. The van der Waals surface area contributed by atoms with E-state index in [0.717, 1.165) is 0 Å². The lowest BCUT2D eigenvalue weighted by atomic mass is 10.2. The molecule has 1 heterocycles. The van der Waals surface area contributed by atoms with Gasteiger partial charge in [-0.3, -0.25) is 14.9 Å². The van der Waals surface area contributed by atoms with Gasteiger partial charge in [0.05, 0.1) is 5.56 Å². The normalized spacial score (nSPS) is 10.2. The number of ether oxygens (including phenoxy) is 2. The number of nitrogens with one attached hydrogen (secondary N) is 1. The summed E-state index contributed by atoms with van der Waals surface area (Å²) in [4.78, 5) is 36.0. The Labute approximate surface area is 161 Å². The number of nitrogens with zero attached hydrogens (tertiary/aromatic N) is 1. The number of para-hydroxylation sites is 1. The lowest BCUT2D eigenvalue weighted by molar-refractivity contribution is -0.123. The Balaban J connectivity index is 1.54. The van der Waals surface area contributed by atoms with Gasteiger partial charge < -0.3 is 14.0 Å². The Morgan fingerprint density at radius 2 is 1.68 bits per heavy atom. The number of aromatic nitrogens is 1. The summed E-state index contributed by atoms with van der Waals surface area (Å²) >= 11 is 0. The molecular formula is C21H18N2O5. The van der Waals surface area contributed by atoms with Gasteiger partial charge in [-0.25, -0.2) is 4.79 Å². The standard InChI is InChI=1S/C21H18N2O5/c1-23-12-6-11-18(23)20(25)22-19(24)14-27-21(26)15-7-5-10-17(13-15)28-16-8-3-2-4-9-16/h2-13H,14H2,1H3,(H,22,24,25). The van der Waals surface area contributed by atoms with E-state index in [0.29, 0.717) is 17.2 Å². The zero-order valence-electron chi connectivity index (χ0n) is 15.1. The van der Waals surface area contributed by atoms with Crippen LogP contribution in [0.5, 0.6) is 11.5 Å². The van der Waals surface area contributed by atoms with Crippen LogP contribution in [0.3, 0.4) is 0 Å². The summed E-state index contributed by atoms with van der Waals surface area (Å²) < 4.78 is 12.2. The Morgan fingerprint density at radius 3 is 2.39 bits per heavy atom. The number of hydrogen-bond acceptors (Lipinski definition) is 5. The maximum atomic E-state index is 12.2. The van der Waals surface area contributed by atoms with Crippen molar-refractivity contribution in [2.75, 3.05) is 6.61 Å². The van der Waals surface area contributed by atoms with E-state index in [1.54, 1.807) is 60.3 Å². The minimum Gasteiger partial charge on any atom is -0.457 e. The number of esters is 1. The van der Waals surface area contributed by atoms with Gasteiger partial charge in [0.2, 0.25) is 0 Å². The van der Waals surface area contributed by atoms with Crippen LogP contribution in [0.1, 0.15) is 20.8 Å². The molecule has 0 atom stereocenters. The van der Waals surface area contributed by atoms with Crippen molar-refractivity contribution >= 4 is 17.8 Å². The van der Waals surface area contributed by atoms with Gasteiger partial charge in [-0.05, 0) is 42.5 Å². The zero-order chi connectivity index (χ0) is 19.9. The zero-order valence-corrected chi connectivity index (χ0v) is 15.1. The Morgan fingerprint density at radius 1 is 0.929 bits per heavy atom. The summed E-state index contributed by atoms with van der Waals surface area (Å²) in [5.74, 6) is -0.876. The van der Waals surface area contributed by atoms with Crippen LogP contribution >= 0.6 is 0 Å². The molecule has 1 N–H and O–H groups in total. The number of hydrogen-bond donors (Lipinski definition) is 1. The molecule has 0 radical (unpaired) electrons. The highest BCUT2D eigenvalue weighted by molar-refractivity contribution is 6.04. The van der Waals surface area contributed by atoms with Gasteiger partial charge >= 0.3 is 5.97 Å². The highest BCUT2D eigenvalue weighted by Gasteiger charge is 2.15. The molecule has 7 nitrogen and oxygen atoms in total. The molecule has 0 bridgehead atoms. The van der Waals surface area contributed by atoms with Crippen LogP contribution in [-0.4, -0.2) is 29.0 Å². The topological polar surface area (TPSA) is 86.6 Å². The van der Waals surface area contributed by atoms with E-state index in [-0.39, 0.29) is 5.56 Å². The molecule has 3 aromatic rings. The van der Waals surface area contributed by atoms with Crippen molar-refractivity contribution in [1.29, 1.82) is 0 Å². The third-order valence-electron chi connectivity index (χ3n) is 3.81. The van der Waals surface area contributed by atoms with Gasteiger partial charge in [0.25, 0.3) is 11.8 Å². The summed E-state index contributed by atoms with van der Waals surface area (Å²) in [6, 6.07) is 18.8. The number of aryl methyl sites for hydroxylation is 1. The fraction of sp³-hybridized carbons (Fsp3) is 0.0952. The van der Waals surface area contributed by atoms with Crippen molar-refractivity contribution in [3.8, 4) is 11.5 Å². The molecule has 0 unspecified atom stereocenters. The van der Waals surface area contributed by atoms with Crippen LogP contribution in [-0.2, 0) is 16.6 Å². The molecule has 0 spiro atoms. The quantitative estimate of drug-likeness (QED) is 0.667. The summed E-state index contributed by atoms with van der Waals surface area (Å²) in [6.45, 7) is -0.571. The smallest absolute Gasteiger partial charge is 0.338 e. The second-order valence-electron chi connectivity index (χ2n) is 5.90. The van der Waals surface area contributed by atoms with Crippen molar-refractivity contribution in [2.24, 2.45) is 7.05 Å². The molecule has 3 rings (SSSR count). The summed E-state index contributed by atoms with van der Waals surface area (Å²) in [7, 11) is 1.68. The van der Waals surface area contributed by atoms with Crippen molar-refractivity contribution in [1.82, 2.24) is 9.88 Å². The Bertz CT molecular complexity index is 995. The van der Waals surface area contributed by atoms with Crippen molar-refractivity contribution in [2.45, 2.75) is 0 Å². The second kappa shape index (κ2) is 8.68. The van der Waals surface area contributed by atoms with Gasteiger partial charge in [-0.1, -0.05) is 24.3 Å². The van der Waals surface area contributed by atoms with Crippen molar-refractivity contribution in [3.05, 3.63) is 84.2 Å². The van der Waals surface area contributed by atoms with E-state index in [1.165, 1.54) is 6.07 Å². The molecule has 7 heteroatoms. The van der Waals surface area contributed by atoms with E-state index >= 15 is 0 Å². The van der Waals surface area contributed by atoms with Crippen LogP contribution < -0.4 is 10.1 Å². The van der Waals surface area contributed by atoms with Gasteiger partial charge in [0.1, 0.15) is 17.2 Å². The van der Waals surface area contributed by atoms with Crippen LogP contribution in [0, 0.1) is 0 Å². The largest absolute Gasteiger partial charge is 0.457 e. The van der Waals surface area contributed by atoms with E-state index in [4.69, 9.17) is 9.47 Å². The summed E-state index contributed by atoms with van der Waals surface area (Å²) in [6.07, 6.45) is 1.68. The molecule has 0 aliphatic heterocycles. The molecule has 2 amide bonds. The number of amides is 2. The molecule has 2 aromatic carbocycles. The van der Waals surface area contributed by atoms with Crippen molar-refractivity contribution in [3.63, 3.8) is 0 Å². The first-order valence-electron chi connectivity index (χ1n) is 8.48. The average Bonchev–Trinajstić information content (AvgIpc) is 3.13. The molecule has 28 heavy (non-hydrogen) atoms. The maximum absolute atomic E-state index is 12.2. The lowest BCUT2D eigenvalue weighted by Gasteiger charge is -2.08. The fourth-order valence-corrected chi connectivity index (χ4v) is 2.45. The van der Waals surface area contributed by atoms with E-state index < -0.39 is 24.4 Å². The first-order valence-corrected chi connectivity index (χ1v) is 8.48. The molecule has 0 aliphatic rings. The fourth-order valence-electron chi connectivity index (χ4n) is 2.45. The van der Waals surface area contributed by atoms with Gasteiger partial charge in [0.15, 0.2) is 6.61 Å². The number of benzene rings is 2. The molecule has 0 aliphatic carbocycles. The van der Waals surface area contributed by atoms with Crippen LogP contribution in [0.2, 0.25) is 0 Å². The number of rotatable bonds is 6. The van der Waals surface area contributed by atoms with Gasteiger partial charge in [-0.2, -0.15) is 0 Å². The first-order chi connectivity index (χ1) is 13.5. The van der Waals surface area contributed by atoms with Crippen molar-refractivity contribution < 1.29 is 23.9 Å². The lowest BCUT2D eigenvalue weighted by Crippen LogP contribution is -2.35. The molecule has 0 saturated heterocycles. The van der Waals surface area contributed by atoms with E-state index in [9.17, 15) is 14.4 Å². The number of imide groups is 1. The Hall–Kier alpha value is -3.87. The van der Waals surface area contributed by atoms with E-state index in [1.807, 2.05) is 18.2 Å². The predicted molar refractivity (Wildman–Crippen MR) is 101 cm³/mol. The third-order valence-corrected chi connectivity index (χ3v) is 3.81. The Kier molecular flexibility index (Phi) is 5.86. The SMILES string of the molecule is Cn1cccc1C(=O)NC(=O)COC(=O)c1cccc(Oc2ccccc2)c1. The highest BCUT2D eigenvalue weighted by Crippen LogP contribution is 2.22. The van der Waals surface area contributed by atoms with E-state index in [2.05, 4.69) is 5.32 Å². The van der Waals surface area contributed by atoms with Crippen LogP contribution in [0.4, 0.5) is 0 Å². The summed E-state index contributed by atoms with van der Waals surface area (Å²) in [5, 5.41) is 2.17. The highest BCUT2D eigenvalue weighted by atomic mass is 16.5. The number of carbonyl (C=O) groups is 3. The average molecular weight is 378 g/mol. The minimum atomic E-state index is -0.712. The monoisotopic (exact) mass is 378 g/mol. The van der Waals surface area contributed by atoms with Gasteiger partial charge in [-0.15, -0.1) is 0 Å². The second-order valence-corrected chi connectivity index (χ2v) is 5.90. The maximum Gasteiger partial charge on any atom is 0.338 e. The molecular weight excluding hydrogens is 360 g/mol. The predicted octanol–water partition coefficient (Wildman–Crippen LogP) is 2.93.